The molecule has 9 heteroatoms. The largest absolute Gasteiger partial charge is 0.394 e. The van der Waals surface area contributed by atoms with E-state index in [4.69, 9.17) is 18.9 Å². The van der Waals surface area contributed by atoms with E-state index in [9.17, 15) is 25.5 Å². The molecular formula is C33H54O9. The van der Waals surface area contributed by atoms with E-state index in [0.29, 0.717) is 47.8 Å². The lowest BCUT2D eigenvalue weighted by Gasteiger charge is -2.62. The van der Waals surface area contributed by atoms with Crippen LogP contribution in [0.4, 0.5) is 0 Å². The van der Waals surface area contributed by atoms with E-state index in [2.05, 4.69) is 27.7 Å². The van der Waals surface area contributed by atoms with E-state index in [0.717, 1.165) is 45.1 Å². The summed E-state index contributed by atoms with van der Waals surface area (Å²) >= 11 is 0. The second-order valence-electron chi connectivity index (χ2n) is 16.0. The van der Waals surface area contributed by atoms with Crippen LogP contribution in [0.3, 0.4) is 0 Å². The van der Waals surface area contributed by atoms with Crippen molar-refractivity contribution in [2.75, 3.05) is 13.2 Å². The van der Waals surface area contributed by atoms with Crippen molar-refractivity contribution in [2.24, 2.45) is 52.3 Å². The summed E-state index contributed by atoms with van der Waals surface area (Å²) in [6.07, 6.45) is 1.89. The van der Waals surface area contributed by atoms with Gasteiger partial charge in [-0.1, -0.05) is 27.7 Å². The monoisotopic (exact) mass is 594 g/mol. The first-order valence-corrected chi connectivity index (χ1v) is 16.9. The van der Waals surface area contributed by atoms with Crippen molar-refractivity contribution >= 4 is 0 Å². The quantitative estimate of drug-likeness (QED) is 0.312. The Kier molecular flexibility index (Phi) is 7.64. The topological polar surface area (TPSA) is 138 Å². The number of aliphatic hydroxyl groups is 5. The Balaban J connectivity index is 1.05. The molecule has 5 N–H and O–H groups in total. The maximum atomic E-state index is 11.8. The predicted molar refractivity (Wildman–Crippen MR) is 152 cm³/mol. The van der Waals surface area contributed by atoms with Crippen LogP contribution in [-0.4, -0.2) is 93.6 Å². The van der Waals surface area contributed by atoms with Crippen LogP contribution < -0.4 is 0 Å². The molecule has 7 fully saturated rings. The lowest BCUT2D eigenvalue weighted by Crippen LogP contribution is -2.62. The molecule has 0 aromatic rings. The van der Waals surface area contributed by atoms with Crippen molar-refractivity contribution in [1.29, 1.82) is 0 Å². The average Bonchev–Trinajstić information content (AvgIpc) is 3.41. The van der Waals surface area contributed by atoms with Crippen LogP contribution in [0.2, 0.25) is 0 Å². The van der Waals surface area contributed by atoms with Gasteiger partial charge in [-0.05, 0) is 91.3 Å². The van der Waals surface area contributed by atoms with Gasteiger partial charge in [0.05, 0.1) is 31.5 Å². The van der Waals surface area contributed by atoms with Gasteiger partial charge in [0.2, 0.25) is 0 Å². The van der Waals surface area contributed by atoms with Gasteiger partial charge in [0, 0.05) is 18.8 Å². The molecule has 3 heterocycles. The number of hydrogen-bond donors (Lipinski definition) is 5. The van der Waals surface area contributed by atoms with Gasteiger partial charge in [-0.15, -0.1) is 0 Å². The summed E-state index contributed by atoms with van der Waals surface area (Å²) in [5.74, 6) is 3.04. The van der Waals surface area contributed by atoms with Crippen molar-refractivity contribution in [1.82, 2.24) is 0 Å². The van der Waals surface area contributed by atoms with Crippen molar-refractivity contribution in [3.8, 4) is 0 Å². The molecule has 18 unspecified atom stereocenters. The lowest BCUT2D eigenvalue weighted by atomic mass is 9.43. The minimum absolute atomic E-state index is 0.201. The molecule has 1 spiro atoms. The van der Waals surface area contributed by atoms with Crippen molar-refractivity contribution < 1.29 is 44.5 Å². The van der Waals surface area contributed by atoms with Gasteiger partial charge in [-0.2, -0.15) is 0 Å². The number of rotatable bonds is 3. The van der Waals surface area contributed by atoms with Crippen molar-refractivity contribution in [2.45, 2.75) is 140 Å². The van der Waals surface area contributed by atoms with Crippen molar-refractivity contribution in [3.05, 3.63) is 0 Å². The fourth-order valence-electron chi connectivity index (χ4n) is 11.8. The van der Waals surface area contributed by atoms with E-state index >= 15 is 0 Å². The zero-order valence-electron chi connectivity index (χ0n) is 25.8. The normalized spacial score (nSPS) is 60.9. The Morgan fingerprint density at radius 3 is 2.36 bits per heavy atom. The highest BCUT2D eigenvalue weighted by Crippen LogP contribution is 2.71. The van der Waals surface area contributed by atoms with E-state index in [1.807, 2.05) is 0 Å². The zero-order chi connectivity index (χ0) is 29.8. The van der Waals surface area contributed by atoms with Crippen LogP contribution in [0, 0.1) is 52.3 Å². The number of fused-ring (bicyclic) bond motifs is 7. The lowest BCUT2D eigenvalue weighted by molar-refractivity contribution is -0.320. The van der Waals surface area contributed by atoms with Crippen LogP contribution in [0.15, 0.2) is 0 Å². The summed E-state index contributed by atoms with van der Waals surface area (Å²) in [6.45, 7) is 9.82. The van der Waals surface area contributed by atoms with Gasteiger partial charge in [0.1, 0.15) is 24.4 Å². The summed E-state index contributed by atoms with van der Waals surface area (Å²) in [4.78, 5) is 0. The van der Waals surface area contributed by atoms with Crippen LogP contribution >= 0.6 is 0 Å². The molecule has 4 saturated carbocycles. The smallest absolute Gasteiger partial charge is 0.186 e. The van der Waals surface area contributed by atoms with Gasteiger partial charge in [0.25, 0.3) is 0 Å². The van der Waals surface area contributed by atoms with Crippen LogP contribution in [0.25, 0.3) is 0 Å². The van der Waals surface area contributed by atoms with Crippen LogP contribution in [-0.2, 0) is 18.9 Å². The van der Waals surface area contributed by atoms with Gasteiger partial charge in [-0.25, -0.2) is 0 Å². The second-order valence-corrected chi connectivity index (χ2v) is 16.0. The first kappa shape index (κ1) is 30.3. The molecule has 7 aliphatic rings. The fraction of sp³-hybridized carbons (Fsp3) is 1.00. The third-order valence-corrected chi connectivity index (χ3v) is 14.2. The summed E-state index contributed by atoms with van der Waals surface area (Å²) in [5, 5.41) is 52.3. The van der Waals surface area contributed by atoms with Gasteiger partial charge >= 0.3 is 0 Å². The predicted octanol–water partition coefficient (Wildman–Crippen LogP) is 2.59. The molecule has 3 aliphatic heterocycles. The van der Waals surface area contributed by atoms with Crippen LogP contribution in [0.5, 0.6) is 0 Å². The average molecular weight is 595 g/mol. The van der Waals surface area contributed by atoms with E-state index in [-0.39, 0.29) is 23.0 Å². The Hall–Kier alpha value is -0.360. The molecule has 0 aromatic carbocycles. The van der Waals surface area contributed by atoms with Gasteiger partial charge in [-0.3, -0.25) is 0 Å². The maximum absolute atomic E-state index is 11.8. The SMILES string of the molecule is CC1CCC2(OC1)OC1CC3C4CCC5CC(OC6OC(CO)C(O)C(O)C6O)CC(O)C5(C)C4CCC3(C)C1C2C. The molecule has 0 aromatic heterocycles. The third kappa shape index (κ3) is 4.28. The molecule has 0 amide bonds. The molecular weight excluding hydrogens is 540 g/mol. The first-order valence-electron chi connectivity index (χ1n) is 16.9. The van der Waals surface area contributed by atoms with E-state index in [1.165, 1.54) is 12.8 Å². The van der Waals surface area contributed by atoms with Gasteiger partial charge < -0.3 is 44.5 Å². The Labute approximate surface area is 250 Å². The molecule has 4 aliphatic carbocycles. The molecule has 240 valence electrons. The number of hydrogen-bond acceptors (Lipinski definition) is 9. The van der Waals surface area contributed by atoms with E-state index in [1.54, 1.807) is 0 Å². The van der Waals surface area contributed by atoms with Crippen LogP contribution in [0.1, 0.15) is 85.5 Å². The minimum Gasteiger partial charge on any atom is -0.394 e. The van der Waals surface area contributed by atoms with Gasteiger partial charge in [0.15, 0.2) is 12.1 Å². The molecule has 3 saturated heterocycles. The molecule has 7 rings (SSSR count). The molecule has 0 radical (unpaired) electrons. The standard InChI is InChI=1S/C33H54O9/c1-16-7-10-33(39-15-16)17(2)26-23(42-33)13-22-20-6-5-18-11-19(40-30-29(38)28(37)27(36)24(14-34)41-30)12-25(35)32(18,4)21(20)8-9-31(22,26)3/h16-30,34-38H,5-15H2,1-4H3. The highest BCUT2D eigenvalue weighted by atomic mass is 16.7. The first-order chi connectivity index (χ1) is 19.9. The molecule has 18 atom stereocenters. The summed E-state index contributed by atoms with van der Waals surface area (Å²) in [5.41, 5.74) is 0.0340. The molecule has 42 heavy (non-hydrogen) atoms. The number of ether oxygens (including phenoxy) is 4. The second kappa shape index (κ2) is 10.6. The summed E-state index contributed by atoms with van der Waals surface area (Å²) in [7, 11) is 0. The zero-order valence-corrected chi connectivity index (χ0v) is 25.8. The summed E-state index contributed by atoms with van der Waals surface area (Å²) < 4.78 is 25.2. The number of aliphatic hydroxyl groups excluding tert-OH is 5. The minimum atomic E-state index is -1.47. The summed E-state index contributed by atoms with van der Waals surface area (Å²) in [6, 6.07) is 0. The highest BCUT2D eigenvalue weighted by molar-refractivity contribution is 5.16. The van der Waals surface area contributed by atoms with E-state index < -0.39 is 49.2 Å². The fourth-order valence-corrected chi connectivity index (χ4v) is 11.8. The highest BCUT2D eigenvalue weighted by Gasteiger charge is 2.70. The maximum Gasteiger partial charge on any atom is 0.186 e. The third-order valence-electron chi connectivity index (χ3n) is 14.2. The Morgan fingerprint density at radius 2 is 1.64 bits per heavy atom. The Bertz CT molecular complexity index is 1000. The Morgan fingerprint density at radius 1 is 0.857 bits per heavy atom. The van der Waals surface area contributed by atoms with Crippen molar-refractivity contribution in [3.63, 3.8) is 0 Å². The molecule has 9 nitrogen and oxygen atoms in total. The molecule has 0 bridgehead atoms.